The summed E-state index contributed by atoms with van der Waals surface area (Å²) in [5, 5.41) is 21.3. The molecule has 2 aromatic rings. The van der Waals surface area contributed by atoms with Gasteiger partial charge in [0.25, 0.3) is 15.7 Å². The van der Waals surface area contributed by atoms with Crippen molar-refractivity contribution < 1.29 is 22.7 Å². The van der Waals surface area contributed by atoms with E-state index in [1.165, 1.54) is 6.07 Å². The van der Waals surface area contributed by atoms with Crippen LogP contribution in [0, 0.1) is 26.0 Å². The molecule has 2 rings (SSSR count). The highest BCUT2D eigenvalue weighted by atomic mass is 32.2. The number of nitrogens with zero attached hydrogens (tertiary/aromatic N) is 2. The first-order valence-corrected chi connectivity index (χ1v) is 7.40. The quantitative estimate of drug-likeness (QED) is 0.656. The van der Waals surface area contributed by atoms with E-state index < -0.39 is 42.0 Å². The van der Waals surface area contributed by atoms with Crippen molar-refractivity contribution in [3.05, 3.63) is 68.5 Å². The van der Waals surface area contributed by atoms with Crippen LogP contribution in [-0.2, 0) is 10.0 Å². The van der Waals surface area contributed by atoms with Crippen LogP contribution in [-0.4, -0.2) is 18.3 Å². The average Bonchev–Trinajstić information content (AvgIpc) is 2.49. The molecule has 0 saturated heterocycles. The van der Waals surface area contributed by atoms with Crippen molar-refractivity contribution in [1.82, 2.24) is 0 Å². The highest BCUT2D eigenvalue weighted by Crippen LogP contribution is 2.25. The van der Waals surface area contributed by atoms with Gasteiger partial charge in [-0.05, 0) is 18.2 Å². The lowest BCUT2D eigenvalue weighted by molar-refractivity contribution is -0.387. The highest BCUT2D eigenvalue weighted by molar-refractivity contribution is 7.92. The fourth-order valence-corrected chi connectivity index (χ4v) is 2.78. The molecule has 120 valence electrons. The van der Waals surface area contributed by atoms with Crippen molar-refractivity contribution >= 4 is 27.1 Å². The second-order valence-corrected chi connectivity index (χ2v) is 5.97. The number of rotatable bonds is 5. The fraction of sp³-hybridized carbons (Fsp3) is 0. The van der Waals surface area contributed by atoms with E-state index in [0.717, 1.165) is 30.3 Å². The van der Waals surface area contributed by atoms with Crippen LogP contribution in [0.2, 0.25) is 0 Å². The molecule has 0 atom stereocenters. The molecule has 0 aliphatic heterocycles. The Morgan fingerprint density at radius 1 is 1.00 bits per heavy atom. The molecule has 11 heteroatoms. The molecule has 0 saturated carbocycles. The summed E-state index contributed by atoms with van der Waals surface area (Å²) in [5.41, 5.74) is -1.58. The van der Waals surface area contributed by atoms with E-state index >= 15 is 0 Å². The maximum absolute atomic E-state index is 13.2. The minimum atomic E-state index is -4.22. The van der Waals surface area contributed by atoms with Gasteiger partial charge < -0.3 is 0 Å². The van der Waals surface area contributed by atoms with E-state index in [0.29, 0.717) is 6.07 Å². The predicted octanol–water partition coefficient (Wildman–Crippen LogP) is 2.44. The second kappa shape index (κ2) is 5.96. The van der Waals surface area contributed by atoms with Crippen molar-refractivity contribution in [2.45, 2.75) is 4.90 Å². The Balaban J connectivity index is 2.39. The molecular formula is C12H8FN3O6S. The van der Waals surface area contributed by atoms with Crippen LogP contribution in [0.15, 0.2) is 47.4 Å². The Morgan fingerprint density at radius 3 is 2.30 bits per heavy atom. The van der Waals surface area contributed by atoms with Crippen LogP contribution in [0.1, 0.15) is 0 Å². The largest absolute Gasteiger partial charge is 0.306 e. The number of non-ortho nitro benzene ring substituents is 1. The molecule has 0 unspecified atom stereocenters. The van der Waals surface area contributed by atoms with Gasteiger partial charge in [-0.3, -0.25) is 25.0 Å². The van der Waals surface area contributed by atoms with Crippen molar-refractivity contribution in [3.63, 3.8) is 0 Å². The summed E-state index contributed by atoms with van der Waals surface area (Å²) in [6.07, 6.45) is 0. The lowest BCUT2D eigenvalue weighted by Crippen LogP contribution is -2.13. The lowest BCUT2D eigenvalue weighted by Gasteiger charge is -2.08. The van der Waals surface area contributed by atoms with Gasteiger partial charge in [0, 0.05) is 18.2 Å². The Kier molecular flexibility index (Phi) is 4.22. The van der Waals surface area contributed by atoms with Crippen LogP contribution in [0.5, 0.6) is 0 Å². The van der Waals surface area contributed by atoms with Crippen molar-refractivity contribution in [3.8, 4) is 0 Å². The van der Waals surface area contributed by atoms with E-state index in [9.17, 15) is 33.0 Å². The maximum atomic E-state index is 13.2. The minimum absolute atomic E-state index is 0.246. The monoisotopic (exact) mass is 341 g/mol. The number of nitro benzene ring substituents is 2. The standard InChI is InChI=1S/C12H8FN3O6S/c13-11-5-4-8(6-12(11)16(19)20)14-23(21,22)10-3-1-2-9(7-10)15(17)18/h1-7,14H. The number of halogens is 1. The zero-order valence-electron chi connectivity index (χ0n) is 11.2. The van der Waals surface area contributed by atoms with Gasteiger partial charge >= 0.3 is 5.69 Å². The van der Waals surface area contributed by atoms with Crippen LogP contribution >= 0.6 is 0 Å². The molecule has 2 aromatic carbocycles. The molecule has 0 fully saturated rings. The second-order valence-electron chi connectivity index (χ2n) is 4.28. The van der Waals surface area contributed by atoms with Crippen LogP contribution in [0.3, 0.4) is 0 Å². The molecule has 0 aliphatic carbocycles. The third-order valence-corrected chi connectivity index (χ3v) is 4.11. The Morgan fingerprint density at radius 2 is 1.70 bits per heavy atom. The van der Waals surface area contributed by atoms with E-state index in [1.807, 2.05) is 4.72 Å². The molecule has 1 N–H and O–H groups in total. The van der Waals surface area contributed by atoms with Gasteiger partial charge in [-0.1, -0.05) is 6.07 Å². The summed E-state index contributed by atoms with van der Waals surface area (Å²) < 4.78 is 39.5. The van der Waals surface area contributed by atoms with Crippen molar-refractivity contribution in [2.75, 3.05) is 4.72 Å². The van der Waals surface area contributed by atoms with Crippen LogP contribution < -0.4 is 4.72 Å². The summed E-state index contributed by atoms with van der Waals surface area (Å²) in [6, 6.07) is 6.69. The normalized spacial score (nSPS) is 11.0. The first-order chi connectivity index (χ1) is 10.7. The highest BCUT2D eigenvalue weighted by Gasteiger charge is 2.20. The summed E-state index contributed by atoms with van der Waals surface area (Å²) in [6.45, 7) is 0. The number of benzene rings is 2. The van der Waals surface area contributed by atoms with Gasteiger partial charge in [-0.2, -0.15) is 4.39 Å². The van der Waals surface area contributed by atoms with Crippen molar-refractivity contribution in [2.24, 2.45) is 0 Å². The molecular weight excluding hydrogens is 333 g/mol. The maximum Gasteiger partial charge on any atom is 0.306 e. The van der Waals surface area contributed by atoms with Gasteiger partial charge in [0.05, 0.1) is 20.4 Å². The van der Waals surface area contributed by atoms with E-state index in [4.69, 9.17) is 0 Å². The smallest absolute Gasteiger partial charge is 0.279 e. The summed E-state index contributed by atoms with van der Waals surface area (Å²) >= 11 is 0. The summed E-state index contributed by atoms with van der Waals surface area (Å²) in [5.74, 6) is -1.12. The van der Waals surface area contributed by atoms with Crippen LogP contribution in [0.25, 0.3) is 0 Å². The molecule has 0 aliphatic rings. The lowest BCUT2D eigenvalue weighted by atomic mass is 10.3. The first-order valence-electron chi connectivity index (χ1n) is 5.92. The van der Waals surface area contributed by atoms with Crippen LogP contribution in [0.4, 0.5) is 21.5 Å². The molecule has 0 heterocycles. The Bertz CT molecular complexity index is 899. The minimum Gasteiger partial charge on any atom is -0.279 e. The van der Waals surface area contributed by atoms with Crippen molar-refractivity contribution in [1.29, 1.82) is 0 Å². The van der Waals surface area contributed by atoms with E-state index in [2.05, 4.69) is 0 Å². The molecule has 23 heavy (non-hydrogen) atoms. The van der Waals surface area contributed by atoms with E-state index in [-0.39, 0.29) is 5.69 Å². The van der Waals surface area contributed by atoms with Gasteiger partial charge in [0.2, 0.25) is 5.82 Å². The molecule has 9 nitrogen and oxygen atoms in total. The number of anilines is 1. The van der Waals surface area contributed by atoms with Gasteiger partial charge in [0.1, 0.15) is 0 Å². The Labute approximate surface area is 128 Å². The summed E-state index contributed by atoms with van der Waals surface area (Å²) in [4.78, 5) is 19.1. The SMILES string of the molecule is O=[N+]([O-])c1cccc(S(=O)(=O)Nc2ccc(F)c([N+](=O)[O-])c2)c1. The van der Waals surface area contributed by atoms with Gasteiger partial charge in [0.15, 0.2) is 0 Å². The molecule has 0 spiro atoms. The third kappa shape index (κ3) is 3.58. The number of hydrogen-bond donors (Lipinski definition) is 1. The first kappa shape index (κ1) is 16.3. The third-order valence-electron chi connectivity index (χ3n) is 2.73. The number of sulfonamides is 1. The molecule has 0 radical (unpaired) electrons. The molecule has 0 aromatic heterocycles. The van der Waals surface area contributed by atoms with Gasteiger partial charge in [-0.15, -0.1) is 0 Å². The fourth-order valence-electron chi connectivity index (χ4n) is 1.69. The number of nitrogens with one attached hydrogen (secondary N) is 1. The topological polar surface area (TPSA) is 132 Å². The average molecular weight is 341 g/mol. The zero-order chi connectivity index (χ0) is 17.2. The molecule has 0 bridgehead atoms. The number of hydrogen-bond acceptors (Lipinski definition) is 6. The Hall–Kier alpha value is -3.08. The predicted molar refractivity (Wildman–Crippen MR) is 77.0 cm³/mol. The van der Waals surface area contributed by atoms with Gasteiger partial charge in [-0.25, -0.2) is 8.42 Å². The summed E-state index contributed by atoms with van der Waals surface area (Å²) in [7, 11) is -4.22. The van der Waals surface area contributed by atoms with E-state index in [1.54, 1.807) is 0 Å². The molecule has 0 amide bonds. The zero-order valence-corrected chi connectivity index (χ0v) is 12.0. The number of nitro groups is 2.